The Morgan fingerprint density at radius 2 is 2.62 bits per heavy atom. The third kappa shape index (κ3) is 2.68. The van der Waals surface area contributed by atoms with Crippen molar-refractivity contribution in [2.45, 2.75) is 0 Å². The molecule has 13 heavy (non-hydrogen) atoms. The van der Waals surface area contributed by atoms with Gasteiger partial charge in [-0.3, -0.25) is 5.43 Å². The monoisotopic (exact) mass is 197 g/mol. The Hall–Kier alpha value is -1.69. The summed E-state index contributed by atoms with van der Waals surface area (Å²) < 4.78 is 0. The Bertz CT molecular complexity index is 345. The zero-order valence-corrected chi connectivity index (χ0v) is 7.41. The number of nitrogens with one attached hydrogen (secondary N) is 1. The standard InChI is InChI=1S/C7H7N3O2S/c1-2-3-9-10-7-8-4-5(13-7)6(11)12/h2-4H,1H2,(H,8,10)(H,11,12)/b9-3-. The van der Waals surface area contributed by atoms with Gasteiger partial charge < -0.3 is 5.11 Å². The van der Waals surface area contributed by atoms with E-state index >= 15 is 0 Å². The number of rotatable bonds is 4. The molecule has 0 radical (unpaired) electrons. The van der Waals surface area contributed by atoms with Crippen molar-refractivity contribution in [3.8, 4) is 0 Å². The number of hydrogen-bond donors (Lipinski definition) is 2. The number of aromatic carboxylic acids is 1. The maximum atomic E-state index is 10.4. The van der Waals surface area contributed by atoms with Crippen LogP contribution in [0.5, 0.6) is 0 Å². The number of hydrogen-bond acceptors (Lipinski definition) is 5. The van der Waals surface area contributed by atoms with Gasteiger partial charge in [-0.05, 0) is 6.08 Å². The van der Waals surface area contributed by atoms with Crippen LogP contribution in [0.1, 0.15) is 9.67 Å². The Morgan fingerprint density at radius 1 is 1.85 bits per heavy atom. The smallest absolute Gasteiger partial charge is 0.347 e. The fourth-order valence-electron chi connectivity index (χ4n) is 0.570. The second-order valence-corrected chi connectivity index (χ2v) is 2.99. The summed E-state index contributed by atoms with van der Waals surface area (Å²) in [5, 5.41) is 12.7. The maximum Gasteiger partial charge on any atom is 0.347 e. The predicted octanol–water partition coefficient (Wildman–Crippen LogP) is 1.43. The highest BCUT2D eigenvalue weighted by molar-refractivity contribution is 7.17. The van der Waals surface area contributed by atoms with E-state index in [1.807, 2.05) is 0 Å². The summed E-state index contributed by atoms with van der Waals surface area (Å²) in [6, 6.07) is 0. The summed E-state index contributed by atoms with van der Waals surface area (Å²) in [5.74, 6) is -0.988. The second-order valence-electron chi connectivity index (χ2n) is 1.96. The molecule has 1 aromatic heterocycles. The van der Waals surface area contributed by atoms with Crippen LogP contribution in [0.3, 0.4) is 0 Å². The highest BCUT2D eigenvalue weighted by Gasteiger charge is 2.06. The number of carboxylic acid groups (broad SMARTS) is 1. The van der Waals surface area contributed by atoms with E-state index < -0.39 is 5.97 Å². The first-order valence-electron chi connectivity index (χ1n) is 3.33. The maximum absolute atomic E-state index is 10.4. The molecule has 1 rings (SSSR count). The average Bonchev–Trinajstić information content (AvgIpc) is 2.53. The van der Waals surface area contributed by atoms with Crippen LogP contribution < -0.4 is 5.43 Å². The number of aromatic nitrogens is 1. The Kier molecular flexibility index (Phi) is 3.15. The lowest BCUT2D eigenvalue weighted by Crippen LogP contribution is -1.89. The Balaban J connectivity index is 2.63. The highest BCUT2D eigenvalue weighted by Crippen LogP contribution is 2.17. The molecule has 1 heterocycles. The van der Waals surface area contributed by atoms with Crippen LogP contribution in [0.15, 0.2) is 24.0 Å². The van der Waals surface area contributed by atoms with Gasteiger partial charge in [0.25, 0.3) is 0 Å². The SMILES string of the molecule is C=C/C=N\Nc1ncc(C(=O)O)s1. The van der Waals surface area contributed by atoms with Crippen molar-refractivity contribution in [1.82, 2.24) is 4.98 Å². The van der Waals surface area contributed by atoms with Crippen LogP contribution in [-0.2, 0) is 0 Å². The summed E-state index contributed by atoms with van der Waals surface area (Å²) >= 11 is 1.02. The molecule has 6 heteroatoms. The van der Waals surface area contributed by atoms with Crippen molar-refractivity contribution in [1.29, 1.82) is 0 Å². The molecule has 0 amide bonds. The topological polar surface area (TPSA) is 74.6 Å². The first kappa shape index (κ1) is 9.40. The molecule has 0 saturated carbocycles. The molecular formula is C7H7N3O2S. The summed E-state index contributed by atoms with van der Waals surface area (Å²) in [5.41, 5.74) is 2.56. The lowest BCUT2D eigenvalue weighted by Gasteiger charge is -1.88. The largest absolute Gasteiger partial charge is 0.477 e. The molecule has 0 atom stereocenters. The molecule has 0 aliphatic rings. The Morgan fingerprint density at radius 3 is 3.15 bits per heavy atom. The summed E-state index contributed by atoms with van der Waals surface area (Å²) in [7, 11) is 0. The van der Waals surface area contributed by atoms with E-state index in [-0.39, 0.29) is 4.88 Å². The van der Waals surface area contributed by atoms with Crippen molar-refractivity contribution in [2.24, 2.45) is 5.10 Å². The van der Waals surface area contributed by atoms with Crippen LogP contribution in [0.4, 0.5) is 5.13 Å². The van der Waals surface area contributed by atoms with Gasteiger partial charge in [0.05, 0.1) is 6.20 Å². The van der Waals surface area contributed by atoms with E-state index in [0.29, 0.717) is 5.13 Å². The lowest BCUT2D eigenvalue weighted by molar-refractivity contribution is 0.0702. The third-order valence-corrected chi connectivity index (χ3v) is 1.95. The molecule has 0 saturated heterocycles. The van der Waals surface area contributed by atoms with Crippen LogP contribution in [-0.4, -0.2) is 22.3 Å². The van der Waals surface area contributed by atoms with Crippen molar-refractivity contribution < 1.29 is 9.90 Å². The van der Waals surface area contributed by atoms with Crippen LogP contribution in [0.25, 0.3) is 0 Å². The van der Waals surface area contributed by atoms with E-state index in [9.17, 15) is 4.79 Å². The molecule has 68 valence electrons. The number of allylic oxidation sites excluding steroid dienone is 1. The van der Waals surface area contributed by atoms with Gasteiger partial charge in [0.2, 0.25) is 5.13 Å². The first-order chi connectivity index (χ1) is 6.24. The quantitative estimate of drug-likeness (QED) is 0.565. The molecule has 0 fully saturated rings. The molecule has 0 spiro atoms. The molecule has 0 aliphatic heterocycles. The van der Waals surface area contributed by atoms with Crippen LogP contribution in [0, 0.1) is 0 Å². The molecule has 0 bridgehead atoms. The van der Waals surface area contributed by atoms with E-state index in [4.69, 9.17) is 5.11 Å². The number of carboxylic acids is 1. The minimum Gasteiger partial charge on any atom is -0.477 e. The molecular weight excluding hydrogens is 190 g/mol. The number of hydrazone groups is 1. The van der Waals surface area contributed by atoms with Gasteiger partial charge in [0, 0.05) is 6.21 Å². The van der Waals surface area contributed by atoms with Crippen molar-refractivity contribution in [3.05, 3.63) is 23.7 Å². The van der Waals surface area contributed by atoms with Crippen molar-refractivity contribution >= 4 is 28.7 Å². The first-order valence-corrected chi connectivity index (χ1v) is 4.15. The second kappa shape index (κ2) is 4.36. The van der Waals surface area contributed by atoms with E-state index in [1.165, 1.54) is 18.5 Å². The molecule has 0 aliphatic carbocycles. The van der Waals surface area contributed by atoms with Crippen LogP contribution in [0.2, 0.25) is 0 Å². The van der Waals surface area contributed by atoms with E-state index in [1.54, 1.807) is 0 Å². The van der Waals surface area contributed by atoms with E-state index in [0.717, 1.165) is 11.3 Å². The molecule has 5 nitrogen and oxygen atoms in total. The number of nitrogens with zero attached hydrogens (tertiary/aromatic N) is 2. The third-order valence-electron chi connectivity index (χ3n) is 1.06. The molecule has 0 aromatic carbocycles. The average molecular weight is 197 g/mol. The van der Waals surface area contributed by atoms with E-state index in [2.05, 4.69) is 22.1 Å². The highest BCUT2D eigenvalue weighted by atomic mass is 32.1. The minimum absolute atomic E-state index is 0.177. The number of anilines is 1. The van der Waals surface area contributed by atoms with Gasteiger partial charge >= 0.3 is 5.97 Å². The van der Waals surface area contributed by atoms with Crippen molar-refractivity contribution in [2.75, 3.05) is 5.43 Å². The summed E-state index contributed by atoms with van der Waals surface area (Å²) in [4.78, 5) is 14.4. The van der Waals surface area contributed by atoms with Gasteiger partial charge in [0.1, 0.15) is 4.88 Å². The fourth-order valence-corrected chi connectivity index (χ4v) is 1.17. The minimum atomic E-state index is -0.988. The molecule has 2 N–H and O–H groups in total. The summed E-state index contributed by atoms with van der Waals surface area (Å²) in [6.07, 6.45) is 4.22. The van der Waals surface area contributed by atoms with Gasteiger partial charge in [-0.1, -0.05) is 17.9 Å². The Labute approximate surface area is 78.4 Å². The van der Waals surface area contributed by atoms with Crippen molar-refractivity contribution in [3.63, 3.8) is 0 Å². The van der Waals surface area contributed by atoms with Crippen LogP contribution >= 0.6 is 11.3 Å². The van der Waals surface area contributed by atoms with Gasteiger partial charge in [-0.15, -0.1) is 0 Å². The van der Waals surface area contributed by atoms with Gasteiger partial charge in [-0.2, -0.15) is 5.10 Å². The zero-order valence-electron chi connectivity index (χ0n) is 6.60. The zero-order chi connectivity index (χ0) is 9.68. The fraction of sp³-hybridized carbons (Fsp3) is 0. The van der Waals surface area contributed by atoms with Gasteiger partial charge in [0.15, 0.2) is 0 Å². The number of carbonyl (C=O) groups is 1. The van der Waals surface area contributed by atoms with Gasteiger partial charge in [-0.25, -0.2) is 9.78 Å². The lowest BCUT2D eigenvalue weighted by atomic mass is 10.6. The molecule has 0 unspecified atom stereocenters. The summed E-state index contributed by atoms with van der Waals surface area (Å²) in [6.45, 7) is 3.42. The number of thiazole rings is 1. The molecule has 1 aromatic rings. The predicted molar refractivity (Wildman–Crippen MR) is 51.4 cm³/mol. The normalized spacial score (nSPS) is 10.2.